The molecule has 0 atom stereocenters. The summed E-state index contributed by atoms with van der Waals surface area (Å²) in [5.74, 6) is -1.16. The predicted octanol–water partition coefficient (Wildman–Crippen LogP) is 2.07. The van der Waals surface area contributed by atoms with Crippen LogP contribution < -0.4 is 4.90 Å². The van der Waals surface area contributed by atoms with E-state index in [1.165, 1.54) is 19.1 Å². The van der Waals surface area contributed by atoms with Gasteiger partial charge in [0.05, 0.1) is 4.92 Å². The van der Waals surface area contributed by atoms with E-state index in [0.717, 1.165) is 17.0 Å². The second kappa shape index (κ2) is 4.23. The number of nitro benzene ring substituents is 1. The molecule has 0 unspecified atom stereocenters. The number of carbonyl (C=O) groups excluding carboxylic acids is 2. The Labute approximate surface area is 107 Å². The standard InChI is InChI=1S/C11H7ClN2O4/c1-6-4-10(15)13(11(6)16)8-3-2-7(12)5-9(8)14(17)18/h2-5H,1H3. The lowest BCUT2D eigenvalue weighted by Gasteiger charge is -2.14. The lowest BCUT2D eigenvalue weighted by Crippen LogP contribution is -2.31. The van der Waals surface area contributed by atoms with E-state index < -0.39 is 16.7 Å². The molecule has 1 aliphatic heterocycles. The number of imide groups is 1. The molecule has 0 N–H and O–H groups in total. The largest absolute Gasteiger partial charge is 0.294 e. The van der Waals surface area contributed by atoms with E-state index in [0.29, 0.717) is 0 Å². The van der Waals surface area contributed by atoms with E-state index in [1.807, 2.05) is 0 Å². The van der Waals surface area contributed by atoms with Crippen LogP contribution in [0.25, 0.3) is 0 Å². The summed E-state index contributed by atoms with van der Waals surface area (Å²) in [5, 5.41) is 11.1. The van der Waals surface area contributed by atoms with Gasteiger partial charge in [0.2, 0.25) is 0 Å². The Bertz CT molecular complexity index is 609. The highest BCUT2D eigenvalue weighted by Gasteiger charge is 2.34. The van der Waals surface area contributed by atoms with Crippen molar-refractivity contribution in [1.82, 2.24) is 0 Å². The number of carbonyl (C=O) groups is 2. The van der Waals surface area contributed by atoms with Crippen LogP contribution in [0.4, 0.5) is 11.4 Å². The highest BCUT2D eigenvalue weighted by Crippen LogP contribution is 2.33. The third-order valence-corrected chi connectivity index (χ3v) is 2.71. The van der Waals surface area contributed by atoms with Crippen LogP contribution >= 0.6 is 11.6 Å². The van der Waals surface area contributed by atoms with E-state index in [4.69, 9.17) is 11.6 Å². The smallest absolute Gasteiger partial charge is 0.269 e. The number of nitro groups is 1. The summed E-state index contributed by atoms with van der Waals surface area (Å²) in [4.78, 5) is 34.4. The maximum absolute atomic E-state index is 11.8. The van der Waals surface area contributed by atoms with Crippen molar-refractivity contribution in [2.45, 2.75) is 6.92 Å². The zero-order valence-corrected chi connectivity index (χ0v) is 9.97. The van der Waals surface area contributed by atoms with Gasteiger partial charge in [-0.3, -0.25) is 19.7 Å². The zero-order chi connectivity index (χ0) is 13.4. The van der Waals surface area contributed by atoms with Crippen molar-refractivity contribution in [1.29, 1.82) is 0 Å². The zero-order valence-electron chi connectivity index (χ0n) is 9.21. The third-order valence-electron chi connectivity index (χ3n) is 2.48. The van der Waals surface area contributed by atoms with Crippen LogP contribution in [0.2, 0.25) is 5.02 Å². The second-order valence-electron chi connectivity index (χ2n) is 3.70. The quantitative estimate of drug-likeness (QED) is 0.466. The van der Waals surface area contributed by atoms with Crippen LogP contribution in [-0.2, 0) is 9.59 Å². The first-order valence-electron chi connectivity index (χ1n) is 4.92. The molecule has 7 heteroatoms. The average Bonchev–Trinajstić information content (AvgIpc) is 2.54. The number of rotatable bonds is 2. The van der Waals surface area contributed by atoms with Gasteiger partial charge in [-0.25, -0.2) is 4.90 Å². The average molecular weight is 267 g/mol. The van der Waals surface area contributed by atoms with Crippen LogP contribution in [0.15, 0.2) is 29.8 Å². The van der Waals surface area contributed by atoms with Crippen LogP contribution in [-0.4, -0.2) is 16.7 Å². The van der Waals surface area contributed by atoms with Crippen LogP contribution in [0.5, 0.6) is 0 Å². The predicted molar refractivity (Wildman–Crippen MR) is 64.4 cm³/mol. The Kier molecular flexibility index (Phi) is 2.88. The molecular formula is C11H7ClN2O4. The van der Waals surface area contributed by atoms with E-state index in [9.17, 15) is 19.7 Å². The van der Waals surface area contributed by atoms with Crippen LogP contribution in [0, 0.1) is 10.1 Å². The van der Waals surface area contributed by atoms with E-state index >= 15 is 0 Å². The number of benzene rings is 1. The fourth-order valence-corrected chi connectivity index (χ4v) is 1.81. The second-order valence-corrected chi connectivity index (χ2v) is 4.13. The summed E-state index contributed by atoms with van der Waals surface area (Å²) in [5.41, 5.74) is -0.218. The Hall–Kier alpha value is -2.21. The molecule has 1 aliphatic rings. The van der Waals surface area contributed by atoms with Crippen molar-refractivity contribution in [3.63, 3.8) is 0 Å². The van der Waals surface area contributed by atoms with Crippen molar-refractivity contribution in [3.05, 3.63) is 45.0 Å². The monoisotopic (exact) mass is 266 g/mol. The summed E-state index contributed by atoms with van der Waals surface area (Å²) in [6.07, 6.45) is 1.14. The fourth-order valence-electron chi connectivity index (χ4n) is 1.65. The minimum absolute atomic E-state index is 0.0764. The van der Waals surface area contributed by atoms with Crippen molar-refractivity contribution >= 4 is 34.8 Å². The van der Waals surface area contributed by atoms with Gasteiger partial charge in [0, 0.05) is 22.7 Å². The first kappa shape index (κ1) is 12.3. The van der Waals surface area contributed by atoms with Gasteiger partial charge >= 0.3 is 0 Å². The number of anilines is 1. The minimum atomic E-state index is -0.685. The molecule has 1 aromatic carbocycles. The van der Waals surface area contributed by atoms with Gasteiger partial charge < -0.3 is 0 Å². The van der Waals surface area contributed by atoms with Gasteiger partial charge in [-0.1, -0.05) is 11.6 Å². The maximum Gasteiger partial charge on any atom is 0.294 e. The maximum atomic E-state index is 11.8. The molecule has 2 rings (SSSR count). The molecule has 92 valence electrons. The summed E-state index contributed by atoms with van der Waals surface area (Å²) in [7, 11) is 0. The molecule has 2 amide bonds. The van der Waals surface area contributed by atoms with E-state index in [1.54, 1.807) is 0 Å². The van der Waals surface area contributed by atoms with Crippen LogP contribution in [0.3, 0.4) is 0 Å². The molecule has 0 bridgehead atoms. The lowest BCUT2D eigenvalue weighted by atomic mass is 10.2. The summed E-state index contributed by atoms with van der Waals surface area (Å²) >= 11 is 5.66. The molecule has 0 saturated carbocycles. The van der Waals surface area contributed by atoms with E-state index in [-0.39, 0.29) is 22.0 Å². The first-order chi connectivity index (χ1) is 8.41. The van der Waals surface area contributed by atoms with E-state index in [2.05, 4.69) is 0 Å². The number of nitrogens with zero attached hydrogens (tertiary/aromatic N) is 2. The molecular weight excluding hydrogens is 260 g/mol. The highest BCUT2D eigenvalue weighted by atomic mass is 35.5. The fraction of sp³-hybridized carbons (Fsp3) is 0.0909. The number of amides is 2. The van der Waals surface area contributed by atoms with Gasteiger partial charge in [0.15, 0.2) is 0 Å². The highest BCUT2D eigenvalue weighted by molar-refractivity contribution is 6.32. The molecule has 6 nitrogen and oxygen atoms in total. The molecule has 1 aromatic rings. The first-order valence-corrected chi connectivity index (χ1v) is 5.30. The van der Waals surface area contributed by atoms with Gasteiger partial charge in [-0.2, -0.15) is 0 Å². The van der Waals surface area contributed by atoms with Gasteiger partial charge in [-0.05, 0) is 19.1 Å². The van der Waals surface area contributed by atoms with Gasteiger partial charge in [-0.15, -0.1) is 0 Å². The minimum Gasteiger partial charge on any atom is -0.269 e. The third kappa shape index (κ3) is 1.86. The van der Waals surface area contributed by atoms with Gasteiger partial charge in [0.25, 0.3) is 17.5 Å². The van der Waals surface area contributed by atoms with Crippen molar-refractivity contribution in [2.75, 3.05) is 4.90 Å². The summed E-state index contributed by atoms with van der Waals surface area (Å²) < 4.78 is 0. The van der Waals surface area contributed by atoms with Crippen molar-refractivity contribution < 1.29 is 14.5 Å². The Morgan fingerprint density at radius 2 is 2.00 bits per heavy atom. The number of halogens is 1. The molecule has 0 spiro atoms. The SMILES string of the molecule is CC1=CC(=O)N(c2ccc(Cl)cc2[N+](=O)[O-])C1=O. The van der Waals surface area contributed by atoms with Gasteiger partial charge in [0.1, 0.15) is 5.69 Å². The number of hydrogen-bond acceptors (Lipinski definition) is 4. The topological polar surface area (TPSA) is 80.5 Å². The van der Waals surface area contributed by atoms with Crippen molar-refractivity contribution in [3.8, 4) is 0 Å². The summed E-state index contributed by atoms with van der Waals surface area (Å²) in [6.45, 7) is 1.47. The lowest BCUT2D eigenvalue weighted by molar-refractivity contribution is -0.384. The molecule has 0 aliphatic carbocycles. The Balaban J connectivity index is 2.56. The molecule has 0 saturated heterocycles. The van der Waals surface area contributed by atoms with Crippen molar-refractivity contribution in [2.24, 2.45) is 0 Å². The molecule has 1 heterocycles. The Morgan fingerprint density at radius 1 is 1.33 bits per heavy atom. The Morgan fingerprint density at radius 3 is 2.50 bits per heavy atom. The van der Waals surface area contributed by atoms with Crippen LogP contribution in [0.1, 0.15) is 6.92 Å². The number of hydrogen-bond donors (Lipinski definition) is 0. The molecule has 18 heavy (non-hydrogen) atoms. The normalized spacial score (nSPS) is 15.0. The molecule has 0 aromatic heterocycles. The molecule has 0 radical (unpaired) electrons. The summed E-state index contributed by atoms with van der Waals surface area (Å²) in [6, 6.07) is 3.77. The molecule has 0 fully saturated rings.